The fraction of sp³-hybridized carbons (Fsp3) is 0.0811. The molecule has 200 valence electrons. The van der Waals surface area contributed by atoms with Gasteiger partial charge in [0.1, 0.15) is 0 Å². The molecule has 0 bridgehead atoms. The molecule has 1 aliphatic rings. The Morgan fingerprint density at radius 3 is 1.52 bits per heavy atom. The first kappa shape index (κ1) is 33.3. The number of allylic oxidation sites excluding steroid dienone is 4. The maximum absolute atomic E-state index is 3.82. The van der Waals surface area contributed by atoms with E-state index >= 15 is 0 Å². The van der Waals surface area contributed by atoms with Crippen LogP contribution in [0.5, 0.6) is 0 Å². The standard InChI is InChI=1S/C17H13.C13H10.C7H9.2ClH.Zr/c1-3-12-5-7-14-11-15-8-6-13(4-2)10-17(15)16(14)9-12;1-3-7-12(8-4-1)11-13-9-5-2-6-10-13;1-6-3-4-7(2)5-6;;;/h3-11H,1-2H2;1-10H;3,5,7H,1-2H3;2*1H;/q-1;;-1;;;+2/p-2. The van der Waals surface area contributed by atoms with Crippen molar-refractivity contribution in [3.05, 3.63) is 162 Å². The van der Waals surface area contributed by atoms with Crippen LogP contribution in [0.15, 0.2) is 134 Å². The van der Waals surface area contributed by atoms with E-state index in [0.717, 1.165) is 11.1 Å². The van der Waals surface area contributed by atoms with Gasteiger partial charge in [0.2, 0.25) is 0 Å². The number of hydrogen-bond acceptors (Lipinski definition) is 0. The minimum absolute atomic E-state index is 0. The maximum atomic E-state index is 3.82. The van der Waals surface area contributed by atoms with Crippen LogP contribution in [0.25, 0.3) is 33.7 Å². The predicted octanol–water partition coefficient (Wildman–Crippen LogP) is 3.75. The zero-order chi connectivity index (χ0) is 26.9. The summed E-state index contributed by atoms with van der Waals surface area (Å²) in [6.07, 6.45) is 11.1. The predicted molar refractivity (Wildman–Crippen MR) is 164 cm³/mol. The zero-order valence-electron chi connectivity index (χ0n) is 22.9. The van der Waals surface area contributed by atoms with Crippen molar-refractivity contribution in [2.24, 2.45) is 5.92 Å². The Hall–Kier alpha value is -2.96. The van der Waals surface area contributed by atoms with Crippen molar-refractivity contribution in [3.63, 3.8) is 0 Å². The molecule has 1 atom stereocenters. The Labute approximate surface area is 266 Å². The van der Waals surface area contributed by atoms with Gasteiger partial charge in [0, 0.05) is 0 Å². The van der Waals surface area contributed by atoms with Crippen molar-refractivity contribution in [3.8, 4) is 0 Å². The summed E-state index contributed by atoms with van der Waals surface area (Å²) in [5.74, 6) is 0.556. The van der Waals surface area contributed by atoms with E-state index < -0.39 is 0 Å². The van der Waals surface area contributed by atoms with Gasteiger partial charge in [0.05, 0.1) is 0 Å². The number of halogens is 2. The molecule has 1 unspecified atom stereocenters. The summed E-state index contributed by atoms with van der Waals surface area (Å²) in [7, 11) is 0. The van der Waals surface area contributed by atoms with E-state index in [2.05, 4.69) is 142 Å². The molecule has 5 aromatic rings. The molecule has 3 heteroatoms. The van der Waals surface area contributed by atoms with Gasteiger partial charge in [-0.1, -0.05) is 62.4 Å². The molecular formula is C37H32Cl2Zr-2. The molecule has 40 heavy (non-hydrogen) atoms. The van der Waals surface area contributed by atoms with Crippen LogP contribution in [0.3, 0.4) is 0 Å². The van der Waals surface area contributed by atoms with E-state index in [-0.39, 0.29) is 24.8 Å². The van der Waals surface area contributed by atoms with Crippen molar-refractivity contribution in [1.29, 1.82) is 0 Å². The summed E-state index contributed by atoms with van der Waals surface area (Å²) in [6.45, 7) is 11.9. The molecule has 0 heterocycles. The molecule has 0 amide bonds. The fourth-order valence-corrected chi connectivity index (χ4v) is 5.24. The van der Waals surface area contributed by atoms with E-state index in [1.165, 1.54) is 65.7 Å². The van der Waals surface area contributed by atoms with Gasteiger partial charge in [0.25, 0.3) is 0 Å². The van der Waals surface area contributed by atoms with E-state index in [9.17, 15) is 0 Å². The molecule has 1 aliphatic carbocycles. The molecule has 0 spiro atoms. The molecule has 0 radical (unpaired) electrons. The SMILES string of the molecule is C=Cc1ccc2[cH-]c3ccc(C=C)cc3c2c1.CC1=CC(C)[C-]=C1.[Cl-].[Cl-].[Zr+2]=[C](c1ccccc1)c1ccccc1. The molecule has 0 N–H and O–H groups in total. The third-order valence-electron chi connectivity index (χ3n) is 6.44. The summed E-state index contributed by atoms with van der Waals surface area (Å²) in [4.78, 5) is 0. The molecule has 0 aromatic heterocycles. The Balaban J connectivity index is 0.000000221. The fourth-order valence-electron chi connectivity index (χ4n) is 4.42. The van der Waals surface area contributed by atoms with Gasteiger partial charge < -0.3 is 24.8 Å². The van der Waals surface area contributed by atoms with Gasteiger partial charge in [-0.05, 0) is 11.1 Å². The average Bonchev–Trinajstić information content (AvgIpc) is 3.54. The zero-order valence-corrected chi connectivity index (χ0v) is 26.8. The van der Waals surface area contributed by atoms with Gasteiger partial charge in [-0.3, -0.25) is 6.08 Å². The van der Waals surface area contributed by atoms with Crippen LogP contribution < -0.4 is 24.8 Å². The summed E-state index contributed by atoms with van der Waals surface area (Å²) >= 11 is 1.46. The third kappa shape index (κ3) is 8.77. The van der Waals surface area contributed by atoms with Crippen molar-refractivity contribution in [2.45, 2.75) is 13.8 Å². The topological polar surface area (TPSA) is 0 Å². The average molecular weight is 639 g/mol. The van der Waals surface area contributed by atoms with Gasteiger partial charge >= 0.3 is 99.2 Å². The van der Waals surface area contributed by atoms with Crippen LogP contribution in [0.4, 0.5) is 0 Å². The quantitative estimate of drug-likeness (QED) is 0.263. The number of hydrogen-bond donors (Lipinski definition) is 0. The molecule has 6 rings (SSSR count). The van der Waals surface area contributed by atoms with Crippen molar-refractivity contribution in [1.82, 2.24) is 0 Å². The van der Waals surface area contributed by atoms with Crippen LogP contribution in [0, 0.1) is 12.0 Å². The van der Waals surface area contributed by atoms with Crippen LogP contribution in [-0.2, 0) is 24.2 Å². The van der Waals surface area contributed by atoms with E-state index in [1.807, 2.05) is 18.2 Å². The minimum atomic E-state index is 0. The van der Waals surface area contributed by atoms with E-state index in [1.54, 1.807) is 0 Å². The third-order valence-corrected chi connectivity index (χ3v) is 7.86. The van der Waals surface area contributed by atoms with Gasteiger partial charge in [-0.2, -0.15) is 6.08 Å². The first-order chi connectivity index (χ1) is 18.5. The van der Waals surface area contributed by atoms with Crippen LogP contribution in [0.2, 0.25) is 0 Å². The second kappa shape index (κ2) is 16.3. The number of rotatable bonds is 4. The molecule has 0 fully saturated rings. The van der Waals surface area contributed by atoms with Crippen molar-refractivity contribution >= 4 is 36.9 Å². The van der Waals surface area contributed by atoms with E-state index in [4.69, 9.17) is 0 Å². The Morgan fingerprint density at radius 1 is 0.750 bits per heavy atom. The first-order valence-corrected chi connectivity index (χ1v) is 14.1. The monoisotopic (exact) mass is 636 g/mol. The summed E-state index contributed by atoms with van der Waals surface area (Å²) < 4.78 is 1.42. The van der Waals surface area contributed by atoms with Gasteiger partial charge in [0.15, 0.2) is 0 Å². The molecule has 0 nitrogen and oxygen atoms in total. The molecule has 5 aromatic carbocycles. The molecule has 0 aliphatic heterocycles. The van der Waals surface area contributed by atoms with Crippen LogP contribution in [0.1, 0.15) is 36.1 Å². The second-order valence-corrected chi connectivity index (χ2v) is 10.6. The molecule has 0 saturated heterocycles. The summed E-state index contributed by atoms with van der Waals surface area (Å²) in [5.41, 5.74) is 6.32. The van der Waals surface area contributed by atoms with Gasteiger partial charge in [-0.25, -0.2) is 11.6 Å². The van der Waals surface area contributed by atoms with Crippen molar-refractivity contribution in [2.75, 3.05) is 0 Å². The Morgan fingerprint density at radius 2 is 1.20 bits per heavy atom. The van der Waals surface area contributed by atoms with Crippen molar-refractivity contribution < 1.29 is 49.0 Å². The number of benzene rings is 4. The number of fused-ring (bicyclic) bond motifs is 3. The second-order valence-electron chi connectivity index (χ2n) is 9.36. The summed E-state index contributed by atoms with van der Waals surface area (Å²) in [6, 6.07) is 36.2. The summed E-state index contributed by atoms with van der Waals surface area (Å²) in [5, 5.41) is 5.15. The van der Waals surface area contributed by atoms with Crippen LogP contribution >= 0.6 is 0 Å². The Kier molecular flexibility index (Phi) is 13.6. The molecular weight excluding hydrogens is 607 g/mol. The first-order valence-electron chi connectivity index (χ1n) is 12.8. The Bertz CT molecular complexity index is 1520. The van der Waals surface area contributed by atoms with E-state index in [0.29, 0.717) is 5.92 Å². The molecule has 0 saturated carbocycles. The normalized spacial score (nSPS) is 13.0. The van der Waals surface area contributed by atoms with Crippen LogP contribution in [-0.4, -0.2) is 3.21 Å². The van der Waals surface area contributed by atoms with Gasteiger partial charge in [-0.15, -0.1) is 46.7 Å².